The molecule has 1 aromatic heterocycles. The number of hydrogen-bond acceptors (Lipinski definition) is 6. The number of benzene rings is 1. The Morgan fingerprint density at radius 3 is 2.28 bits per heavy atom. The van der Waals surface area contributed by atoms with Gasteiger partial charge in [-0.05, 0) is 44.5 Å². The van der Waals surface area contributed by atoms with Crippen molar-refractivity contribution in [1.29, 1.82) is 0 Å². The van der Waals surface area contributed by atoms with Crippen molar-refractivity contribution >= 4 is 21.5 Å². The van der Waals surface area contributed by atoms with Gasteiger partial charge in [-0.2, -0.15) is 0 Å². The number of ketones is 1. The van der Waals surface area contributed by atoms with Crippen LogP contribution in [0, 0.1) is 5.82 Å². The zero-order chi connectivity index (χ0) is 22.0. The number of hydrogen-bond donors (Lipinski definition) is 1. The molecule has 7 nitrogen and oxygen atoms in total. The lowest BCUT2D eigenvalue weighted by Gasteiger charge is -2.23. The maximum absolute atomic E-state index is 13.1. The second-order valence-electron chi connectivity index (χ2n) is 7.89. The summed E-state index contributed by atoms with van der Waals surface area (Å²) in [6.07, 6.45) is 0.786. The van der Waals surface area contributed by atoms with Gasteiger partial charge in [-0.25, -0.2) is 12.8 Å². The average molecular weight is 424 g/mol. The highest BCUT2D eigenvalue weighted by atomic mass is 32.2. The second-order valence-corrected chi connectivity index (χ2v) is 10.4. The predicted molar refractivity (Wildman–Crippen MR) is 105 cm³/mol. The van der Waals surface area contributed by atoms with Crippen LogP contribution < -0.4 is 5.32 Å². The van der Waals surface area contributed by atoms with Crippen molar-refractivity contribution < 1.29 is 26.9 Å². The van der Waals surface area contributed by atoms with Crippen LogP contribution in [-0.4, -0.2) is 36.6 Å². The fourth-order valence-corrected chi connectivity index (χ4v) is 3.86. The van der Waals surface area contributed by atoms with Crippen LogP contribution in [0.4, 0.5) is 4.39 Å². The Balaban J connectivity index is 2.11. The third kappa shape index (κ3) is 4.55. The van der Waals surface area contributed by atoms with E-state index in [4.69, 9.17) is 4.52 Å². The summed E-state index contributed by atoms with van der Waals surface area (Å²) in [6.45, 7) is 7.88. The lowest BCUT2D eigenvalue weighted by Crippen LogP contribution is -2.46. The molecule has 0 spiro atoms. The van der Waals surface area contributed by atoms with Gasteiger partial charge in [0.1, 0.15) is 10.6 Å². The Bertz CT molecular complexity index is 1010. The molecule has 2 rings (SSSR count). The van der Waals surface area contributed by atoms with Gasteiger partial charge in [0.05, 0.1) is 17.1 Å². The quantitative estimate of drug-likeness (QED) is 0.653. The lowest BCUT2D eigenvalue weighted by atomic mass is 9.86. The molecule has 1 aromatic carbocycles. The van der Waals surface area contributed by atoms with Gasteiger partial charge in [-0.3, -0.25) is 9.59 Å². The van der Waals surface area contributed by atoms with E-state index >= 15 is 0 Å². The van der Waals surface area contributed by atoms with Crippen molar-refractivity contribution in [1.82, 2.24) is 10.5 Å². The smallest absolute Gasteiger partial charge is 0.290 e. The molecule has 1 amide bonds. The largest absolute Gasteiger partial charge is 0.351 e. The van der Waals surface area contributed by atoms with Crippen LogP contribution in [0.15, 0.2) is 39.8 Å². The molecule has 0 unspecified atom stereocenters. The van der Waals surface area contributed by atoms with Gasteiger partial charge >= 0.3 is 0 Å². The second kappa shape index (κ2) is 8.06. The molecule has 9 heteroatoms. The minimum atomic E-state index is -4.09. The van der Waals surface area contributed by atoms with Crippen molar-refractivity contribution in [3.05, 3.63) is 47.6 Å². The highest BCUT2D eigenvalue weighted by Crippen LogP contribution is 2.27. The van der Waals surface area contributed by atoms with Crippen molar-refractivity contribution in [3.8, 4) is 0 Å². The number of amides is 1. The number of rotatable bonds is 8. The first-order valence-electron chi connectivity index (χ1n) is 9.12. The van der Waals surface area contributed by atoms with Crippen LogP contribution in [-0.2, 0) is 20.0 Å². The number of Topliss-reactive ketones (excluding diaryl/α,β-unsaturated/α-hetero) is 1. The Morgan fingerprint density at radius 2 is 1.72 bits per heavy atom. The zero-order valence-corrected chi connectivity index (χ0v) is 17.9. The van der Waals surface area contributed by atoms with E-state index < -0.39 is 38.6 Å². The van der Waals surface area contributed by atoms with E-state index in [0.29, 0.717) is 5.69 Å². The van der Waals surface area contributed by atoms with Crippen LogP contribution in [0.1, 0.15) is 57.3 Å². The van der Waals surface area contributed by atoms with E-state index in [-0.39, 0.29) is 16.1 Å². The van der Waals surface area contributed by atoms with Gasteiger partial charge in [-0.1, -0.05) is 25.9 Å². The minimum absolute atomic E-state index is 0.0616. The number of carbonyl (C=O) groups is 2. The molecular formula is C20H25FN2O5S. The highest BCUT2D eigenvalue weighted by Gasteiger charge is 2.42. The number of nitrogens with one attached hydrogen (secondary N) is 1. The standard InChI is InChI=1S/C20H25FN2O5S/c1-6-19(2,3)16-11-15(28-23-16)18(25)22-12-17(24)20(4,5)29(26,27)14-9-7-13(21)8-10-14/h7-11H,6,12H2,1-5H3,(H,22,25). The first-order valence-corrected chi connectivity index (χ1v) is 10.6. The van der Waals surface area contributed by atoms with Crippen LogP contribution in [0.2, 0.25) is 0 Å². The molecule has 29 heavy (non-hydrogen) atoms. The van der Waals surface area contributed by atoms with Crippen LogP contribution in [0.5, 0.6) is 0 Å². The summed E-state index contributed by atoms with van der Waals surface area (Å²) in [5.41, 5.74) is 0.332. The molecule has 0 aliphatic rings. The molecule has 0 radical (unpaired) electrons. The molecule has 0 fully saturated rings. The SMILES string of the molecule is CCC(C)(C)c1cc(C(=O)NCC(=O)C(C)(C)S(=O)(=O)c2ccc(F)cc2)on1. The van der Waals surface area contributed by atoms with E-state index in [2.05, 4.69) is 10.5 Å². The Hall–Kier alpha value is -2.55. The van der Waals surface area contributed by atoms with Crippen LogP contribution >= 0.6 is 0 Å². The summed E-state index contributed by atoms with van der Waals surface area (Å²) in [7, 11) is -4.09. The van der Waals surface area contributed by atoms with E-state index in [9.17, 15) is 22.4 Å². The fraction of sp³-hybridized carbons (Fsp3) is 0.450. The number of carbonyl (C=O) groups excluding carboxylic acids is 2. The summed E-state index contributed by atoms with van der Waals surface area (Å²) in [6, 6.07) is 5.72. The van der Waals surface area contributed by atoms with Gasteiger partial charge in [0.2, 0.25) is 5.76 Å². The van der Waals surface area contributed by atoms with Crippen molar-refractivity contribution in [3.63, 3.8) is 0 Å². The van der Waals surface area contributed by atoms with Crippen molar-refractivity contribution in [2.45, 2.75) is 56.1 Å². The molecule has 0 saturated heterocycles. The summed E-state index contributed by atoms with van der Waals surface area (Å²) >= 11 is 0. The average Bonchev–Trinajstić information content (AvgIpc) is 3.17. The summed E-state index contributed by atoms with van der Waals surface area (Å²) < 4.78 is 41.9. The Kier molecular flexibility index (Phi) is 6.32. The molecule has 0 aliphatic carbocycles. The molecule has 1 heterocycles. The van der Waals surface area contributed by atoms with Gasteiger partial charge in [0, 0.05) is 11.5 Å². The van der Waals surface area contributed by atoms with E-state index in [1.807, 2.05) is 20.8 Å². The lowest BCUT2D eigenvalue weighted by molar-refractivity contribution is -0.119. The molecule has 0 bridgehead atoms. The molecular weight excluding hydrogens is 399 g/mol. The van der Waals surface area contributed by atoms with Gasteiger partial charge < -0.3 is 9.84 Å². The number of aromatic nitrogens is 1. The number of sulfone groups is 1. The first-order chi connectivity index (χ1) is 13.3. The third-order valence-electron chi connectivity index (χ3n) is 5.19. The highest BCUT2D eigenvalue weighted by molar-refractivity contribution is 7.93. The fourth-order valence-electron chi connectivity index (χ4n) is 2.40. The maximum Gasteiger partial charge on any atom is 0.290 e. The first kappa shape index (κ1) is 22.7. The van der Waals surface area contributed by atoms with Crippen LogP contribution in [0.3, 0.4) is 0 Å². The third-order valence-corrected chi connectivity index (χ3v) is 7.65. The van der Waals surface area contributed by atoms with E-state index in [1.54, 1.807) is 0 Å². The van der Waals surface area contributed by atoms with E-state index in [1.165, 1.54) is 19.9 Å². The molecule has 2 aromatic rings. The molecule has 0 saturated carbocycles. The minimum Gasteiger partial charge on any atom is -0.351 e. The Labute approximate surface area is 169 Å². The van der Waals surface area contributed by atoms with Gasteiger partial charge in [-0.15, -0.1) is 0 Å². The van der Waals surface area contributed by atoms with Crippen molar-refractivity contribution in [2.24, 2.45) is 0 Å². The number of halogens is 1. The molecule has 0 aliphatic heterocycles. The Morgan fingerprint density at radius 1 is 1.14 bits per heavy atom. The monoisotopic (exact) mass is 424 g/mol. The summed E-state index contributed by atoms with van der Waals surface area (Å²) in [5.74, 6) is -2.03. The summed E-state index contributed by atoms with van der Waals surface area (Å²) in [4.78, 5) is 24.7. The van der Waals surface area contributed by atoms with Gasteiger partial charge in [0.15, 0.2) is 15.6 Å². The van der Waals surface area contributed by atoms with Crippen molar-refractivity contribution in [2.75, 3.05) is 6.54 Å². The molecule has 158 valence electrons. The summed E-state index contributed by atoms with van der Waals surface area (Å²) in [5, 5.41) is 6.27. The molecule has 0 atom stereocenters. The molecule has 1 N–H and O–H groups in total. The van der Waals surface area contributed by atoms with Crippen LogP contribution in [0.25, 0.3) is 0 Å². The predicted octanol–water partition coefficient (Wildman–Crippen LogP) is 3.05. The normalized spacial score (nSPS) is 12.6. The van der Waals surface area contributed by atoms with Gasteiger partial charge in [0.25, 0.3) is 5.91 Å². The topological polar surface area (TPSA) is 106 Å². The maximum atomic E-state index is 13.1. The van der Waals surface area contributed by atoms with E-state index in [0.717, 1.165) is 30.7 Å². The number of nitrogens with zero attached hydrogens (tertiary/aromatic N) is 1. The zero-order valence-electron chi connectivity index (χ0n) is 17.1.